The van der Waals surface area contributed by atoms with Crippen molar-refractivity contribution >= 4 is 5.57 Å². The van der Waals surface area contributed by atoms with Crippen molar-refractivity contribution in [3.8, 4) is 0 Å². The normalized spacial score (nSPS) is 19.6. The second-order valence-corrected chi connectivity index (χ2v) is 7.24. The second-order valence-electron chi connectivity index (χ2n) is 7.24. The van der Waals surface area contributed by atoms with Gasteiger partial charge in [-0.2, -0.15) is 0 Å². The van der Waals surface area contributed by atoms with Crippen LogP contribution >= 0.6 is 0 Å². The first-order valence-electron chi connectivity index (χ1n) is 8.98. The highest BCUT2D eigenvalue weighted by Crippen LogP contribution is 2.37. The summed E-state index contributed by atoms with van der Waals surface area (Å²) in [4.78, 5) is 0. The Bertz CT molecular complexity index is 787. The Labute approximate surface area is 153 Å². The number of nitrogens with two attached hydrogens (primary N) is 1. The van der Waals surface area contributed by atoms with Crippen LogP contribution in [0, 0.1) is 19.8 Å². The molecule has 1 aromatic rings. The van der Waals surface area contributed by atoms with E-state index in [1.54, 1.807) is 0 Å². The standard InChI is InChI=1S/C24H31N/c1-8-23(15(2)3)19(7)11-20-10-18(6)22(14-25)13-21-9-16(4)17(5)12-24(20)21/h8-9,11-12,22H,2,6-7,10,13-14,25H2,1,3-5H3/b20-11+,23-8-. The third-order valence-corrected chi connectivity index (χ3v) is 5.25. The quantitative estimate of drug-likeness (QED) is 0.418. The lowest BCUT2D eigenvalue weighted by Crippen LogP contribution is -2.17. The van der Waals surface area contributed by atoms with Gasteiger partial charge in [0.05, 0.1) is 0 Å². The van der Waals surface area contributed by atoms with Gasteiger partial charge in [0.15, 0.2) is 0 Å². The van der Waals surface area contributed by atoms with Crippen LogP contribution in [0.1, 0.15) is 42.5 Å². The van der Waals surface area contributed by atoms with Crippen molar-refractivity contribution in [3.05, 3.63) is 88.6 Å². The highest BCUT2D eigenvalue weighted by molar-refractivity contribution is 5.76. The van der Waals surface area contributed by atoms with Crippen LogP contribution in [0.5, 0.6) is 0 Å². The molecular formula is C24H31N. The summed E-state index contributed by atoms with van der Waals surface area (Å²) in [6, 6.07) is 4.63. The summed E-state index contributed by atoms with van der Waals surface area (Å²) >= 11 is 0. The molecule has 2 rings (SSSR count). The van der Waals surface area contributed by atoms with Crippen molar-refractivity contribution < 1.29 is 0 Å². The van der Waals surface area contributed by atoms with E-state index < -0.39 is 0 Å². The lowest BCUT2D eigenvalue weighted by Gasteiger charge is -2.15. The van der Waals surface area contributed by atoms with Crippen molar-refractivity contribution in [1.29, 1.82) is 0 Å². The fourth-order valence-corrected chi connectivity index (χ4v) is 3.61. The summed E-state index contributed by atoms with van der Waals surface area (Å²) in [6.45, 7) is 21.7. The number of rotatable bonds is 4. The summed E-state index contributed by atoms with van der Waals surface area (Å²) in [5.41, 5.74) is 17.0. The second kappa shape index (κ2) is 7.84. The van der Waals surface area contributed by atoms with Gasteiger partial charge in [0, 0.05) is 0 Å². The van der Waals surface area contributed by atoms with Crippen LogP contribution in [0.25, 0.3) is 5.57 Å². The van der Waals surface area contributed by atoms with Gasteiger partial charge in [-0.25, -0.2) is 0 Å². The zero-order valence-corrected chi connectivity index (χ0v) is 16.2. The van der Waals surface area contributed by atoms with Gasteiger partial charge in [0.2, 0.25) is 0 Å². The van der Waals surface area contributed by atoms with Crippen molar-refractivity contribution in [2.75, 3.05) is 6.54 Å². The smallest absolute Gasteiger partial charge is 0.000827 e. The molecule has 2 N–H and O–H groups in total. The first kappa shape index (κ1) is 19.2. The minimum Gasteiger partial charge on any atom is -0.330 e. The van der Waals surface area contributed by atoms with Crippen molar-refractivity contribution in [3.63, 3.8) is 0 Å². The van der Waals surface area contributed by atoms with E-state index >= 15 is 0 Å². The molecule has 0 aromatic heterocycles. The Kier molecular flexibility index (Phi) is 6.02. The molecule has 0 spiro atoms. The van der Waals surface area contributed by atoms with Crippen molar-refractivity contribution in [1.82, 2.24) is 0 Å². The Balaban J connectivity index is 2.60. The number of aryl methyl sites for hydroxylation is 2. The zero-order chi connectivity index (χ0) is 18.7. The number of allylic oxidation sites excluding steroid dienone is 6. The van der Waals surface area contributed by atoms with E-state index in [0.717, 1.165) is 29.6 Å². The SMILES string of the molecule is C=C(C)/C(=C/C)C(=C)/C=C1\CC(=C)C(CN)Cc2cc(C)c(C)cc21. The molecular weight excluding hydrogens is 302 g/mol. The summed E-state index contributed by atoms with van der Waals surface area (Å²) < 4.78 is 0. The molecule has 0 amide bonds. The Morgan fingerprint density at radius 1 is 1.24 bits per heavy atom. The molecule has 1 unspecified atom stereocenters. The van der Waals surface area contributed by atoms with E-state index in [4.69, 9.17) is 5.73 Å². The van der Waals surface area contributed by atoms with Crippen LogP contribution in [0.15, 0.2) is 66.3 Å². The highest BCUT2D eigenvalue weighted by atomic mass is 14.6. The van der Waals surface area contributed by atoms with Gasteiger partial charge in [-0.15, -0.1) is 0 Å². The predicted octanol–water partition coefficient (Wildman–Crippen LogP) is 5.84. The lowest BCUT2D eigenvalue weighted by atomic mass is 9.90. The molecule has 1 aliphatic carbocycles. The third kappa shape index (κ3) is 4.11. The average molecular weight is 334 g/mol. The van der Waals surface area contributed by atoms with Gasteiger partial charge in [-0.05, 0) is 92.0 Å². The number of hydrogen-bond donors (Lipinski definition) is 1. The molecule has 0 saturated carbocycles. The first-order valence-corrected chi connectivity index (χ1v) is 8.98. The van der Waals surface area contributed by atoms with Crippen molar-refractivity contribution in [2.45, 2.75) is 40.5 Å². The molecule has 0 heterocycles. The number of hydrogen-bond acceptors (Lipinski definition) is 1. The summed E-state index contributed by atoms with van der Waals surface area (Å²) in [7, 11) is 0. The van der Waals surface area contributed by atoms with Gasteiger partial charge in [0.25, 0.3) is 0 Å². The van der Waals surface area contributed by atoms with E-state index in [9.17, 15) is 0 Å². The van der Waals surface area contributed by atoms with Crippen LogP contribution in [-0.2, 0) is 6.42 Å². The fourth-order valence-electron chi connectivity index (χ4n) is 3.61. The van der Waals surface area contributed by atoms with E-state index in [1.807, 2.05) is 13.8 Å². The maximum absolute atomic E-state index is 6.03. The van der Waals surface area contributed by atoms with Gasteiger partial charge in [0.1, 0.15) is 0 Å². The van der Waals surface area contributed by atoms with Crippen LogP contribution in [0.3, 0.4) is 0 Å². The van der Waals surface area contributed by atoms with Gasteiger partial charge in [-0.3, -0.25) is 0 Å². The average Bonchev–Trinajstić information content (AvgIpc) is 2.66. The molecule has 0 saturated heterocycles. The molecule has 132 valence electrons. The molecule has 1 heteroatoms. The largest absolute Gasteiger partial charge is 0.330 e. The molecule has 25 heavy (non-hydrogen) atoms. The zero-order valence-electron chi connectivity index (χ0n) is 16.2. The van der Waals surface area contributed by atoms with Gasteiger partial charge >= 0.3 is 0 Å². The molecule has 1 atom stereocenters. The summed E-state index contributed by atoms with van der Waals surface area (Å²) in [5, 5.41) is 0. The first-order chi connectivity index (χ1) is 11.8. The third-order valence-electron chi connectivity index (χ3n) is 5.25. The van der Waals surface area contributed by atoms with E-state index in [1.165, 1.54) is 33.4 Å². The monoisotopic (exact) mass is 333 g/mol. The highest BCUT2D eigenvalue weighted by Gasteiger charge is 2.22. The molecule has 1 nitrogen and oxygen atoms in total. The molecule has 0 fully saturated rings. The maximum atomic E-state index is 6.03. The van der Waals surface area contributed by atoms with Crippen LogP contribution < -0.4 is 5.73 Å². The summed E-state index contributed by atoms with van der Waals surface area (Å²) in [5.74, 6) is 0.336. The fraction of sp³-hybridized carbons (Fsp3) is 0.333. The van der Waals surface area contributed by atoms with Gasteiger partial charge < -0.3 is 5.73 Å². The minimum absolute atomic E-state index is 0.336. The molecule has 0 radical (unpaired) electrons. The molecule has 0 aliphatic heterocycles. The Morgan fingerprint density at radius 2 is 1.88 bits per heavy atom. The Hall–Kier alpha value is -2.12. The predicted molar refractivity (Wildman–Crippen MR) is 112 cm³/mol. The van der Waals surface area contributed by atoms with E-state index in [-0.39, 0.29) is 0 Å². The maximum Gasteiger partial charge on any atom is -0.000827 e. The molecule has 1 aliphatic rings. The van der Waals surface area contributed by atoms with Crippen LogP contribution in [0.4, 0.5) is 0 Å². The lowest BCUT2D eigenvalue weighted by molar-refractivity contribution is 0.620. The Morgan fingerprint density at radius 3 is 2.44 bits per heavy atom. The number of benzene rings is 1. The molecule has 0 bridgehead atoms. The number of fused-ring (bicyclic) bond motifs is 1. The van der Waals surface area contributed by atoms with Gasteiger partial charge in [-0.1, -0.05) is 55.2 Å². The van der Waals surface area contributed by atoms with Crippen LogP contribution in [-0.4, -0.2) is 6.54 Å². The van der Waals surface area contributed by atoms with Crippen LogP contribution in [0.2, 0.25) is 0 Å². The minimum atomic E-state index is 0.336. The van der Waals surface area contributed by atoms with E-state index in [0.29, 0.717) is 12.5 Å². The topological polar surface area (TPSA) is 26.0 Å². The van der Waals surface area contributed by atoms with E-state index in [2.05, 4.69) is 57.9 Å². The summed E-state index contributed by atoms with van der Waals surface area (Å²) in [6.07, 6.45) is 6.11. The molecule has 1 aromatic carbocycles. The van der Waals surface area contributed by atoms with Crippen molar-refractivity contribution in [2.24, 2.45) is 11.7 Å².